The summed E-state index contributed by atoms with van der Waals surface area (Å²) < 4.78 is 0. The van der Waals surface area contributed by atoms with Gasteiger partial charge in [0, 0.05) is 0 Å². The number of benzene rings is 2. The Hall–Kier alpha value is -0.963. The van der Waals surface area contributed by atoms with E-state index < -0.39 is 0 Å². The molecule has 0 aliphatic rings. The molecule has 2 aromatic rings. The van der Waals surface area contributed by atoms with Gasteiger partial charge in [-0.15, -0.1) is 0 Å². The van der Waals surface area contributed by atoms with Crippen LogP contribution in [0.5, 0.6) is 0 Å². The average Bonchev–Trinajstić information content (AvgIpc) is 2.20. The predicted molar refractivity (Wildman–Crippen MR) is 57.7 cm³/mol. The molecule has 1 heteroatoms. The van der Waals surface area contributed by atoms with Crippen LogP contribution in [0.4, 0.5) is 0 Å². The third kappa shape index (κ3) is 2.29. The van der Waals surface area contributed by atoms with Gasteiger partial charge in [-0.05, 0) is 23.6 Å². The molecule has 0 amide bonds. The van der Waals surface area contributed by atoms with Gasteiger partial charge >= 0.3 is 18.9 Å². The minimum Gasteiger partial charge on any atom is -1.00 e. The molecule has 0 nitrogen and oxygen atoms in total. The van der Waals surface area contributed by atoms with Gasteiger partial charge in [0.15, 0.2) is 0 Å². The van der Waals surface area contributed by atoms with Gasteiger partial charge in [-0.2, -0.15) is 0 Å². The standard InChI is InChI=1S/C13H12.Li.H/c1-11-7-5-6-10-13(11)12-8-3-2-4-9-12;;/h2-10H,1H3;;/q;+1;-1. The van der Waals surface area contributed by atoms with E-state index in [0.29, 0.717) is 0 Å². The SMILES string of the molecule is Cc1ccccc1-c1ccccc1.[H-].[Li+]. The van der Waals surface area contributed by atoms with Crippen LogP contribution in [-0.4, -0.2) is 0 Å². The fraction of sp³-hybridized carbons (Fsp3) is 0.0769. The van der Waals surface area contributed by atoms with E-state index in [9.17, 15) is 0 Å². The van der Waals surface area contributed by atoms with E-state index in [4.69, 9.17) is 0 Å². The number of rotatable bonds is 1. The molecular weight excluding hydrogens is 163 g/mol. The Morgan fingerprint density at radius 2 is 1.36 bits per heavy atom. The van der Waals surface area contributed by atoms with Crippen LogP contribution in [-0.2, 0) is 0 Å². The summed E-state index contributed by atoms with van der Waals surface area (Å²) in [5.41, 5.74) is 3.94. The molecule has 2 rings (SSSR count). The first-order valence-corrected chi connectivity index (χ1v) is 4.49. The maximum absolute atomic E-state index is 2.16. The van der Waals surface area contributed by atoms with Gasteiger partial charge in [0.1, 0.15) is 0 Å². The fourth-order valence-corrected chi connectivity index (χ4v) is 1.51. The quantitative estimate of drug-likeness (QED) is 0.563. The van der Waals surface area contributed by atoms with Gasteiger partial charge < -0.3 is 1.43 Å². The summed E-state index contributed by atoms with van der Waals surface area (Å²) in [5, 5.41) is 0. The molecule has 14 heavy (non-hydrogen) atoms. The molecule has 0 unspecified atom stereocenters. The number of hydrogen-bond donors (Lipinski definition) is 0. The average molecular weight is 176 g/mol. The van der Waals surface area contributed by atoms with Crippen LogP contribution in [0.1, 0.15) is 6.99 Å². The zero-order chi connectivity index (χ0) is 9.10. The van der Waals surface area contributed by atoms with Crippen molar-refractivity contribution in [1.82, 2.24) is 0 Å². The van der Waals surface area contributed by atoms with Crippen molar-refractivity contribution in [2.75, 3.05) is 0 Å². The summed E-state index contributed by atoms with van der Waals surface area (Å²) in [7, 11) is 0. The molecule has 0 N–H and O–H groups in total. The minimum absolute atomic E-state index is 0. The van der Waals surface area contributed by atoms with Gasteiger partial charge in [-0.3, -0.25) is 0 Å². The molecule has 0 saturated carbocycles. The third-order valence-electron chi connectivity index (χ3n) is 2.23. The summed E-state index contributed by atoms with van der Waals surface area (Å²) in [6.45, 7) is 2.14. The van der Waals surface area contributed by atoms with Crippen LogP contribution in [0.25, 0.3) is 11.1 Å². The molecule has 2 aromatic carbocycles. The summed E-state index contributed by atoms with van der Waals surface area (Å²) in [5.74, 6) is 0. The van der Waals surface area contributed by atoms with Crippen LogP contribution in [0.2, 0.25) is 0 Å². The van der Waals surface area contributed by atoms with Gasteiger partial charge in [0.25, 0.3) is 0 Å². The number of hydrogen-bond acceptors (Lipinski definition) is 0. The van der Waals surface area contributed by atoms with Crippen molar-refractivity contribution in [2.45, 2.75) is 6.92 Å². The first-order valence-electron chi connectivity index (χ1n) is 4.49. The van der Waals surface area contributed by atoms with Crippen molar-refractivity contribution in [3.8, 4) is 11.1 Å². The van der Waals surface area contributed by atoms with E-state index in [2.05, 4.69) is 55.5 Å². The van der Waals surface area contributed by atoms with Crippen molar-refractivity contribution >= 4 is 0 Å². The van der Waals surface area contributed by atoms with Crippen molar-refractivity contribution in [3.63, 3.8) is 0 Å². The van der Waals surface area contributed by atoms with Crippen molar-refractivity contribution in [2.24, 2.45) is 0 Å². The fourth-order valence-electron chi connectivity index (χ4n) is 1.51. The topological polar surface area (TPSA) is 0 Å². The van der Waals surface area contributed by atoms with E-state index >= 15 is 0 Å². The molecule has 0 spiro atoms. The molecule has 0 aromatic heterocycles. The third-order valence-corrected chi connectivity index (χ3v) is 2.23. The second-order valence-corrected chi connectivity index (χ2v) is 3.18. The van der Waals surface area contributed by atoms with Crippen LogP contribution >= 0.6 is 0 Å². The molecule has 0 bridgehead atoms. The summed E-state index contributed by atoms with van der Waals surface area (Å²) in [4.78, 5) is 0. The molecule has 0 aliphatic carbocycles. The molecule has 0 fully saturated rings. The monoisotopic (exact) mass is 176 g/mol. The molecule has 0 saturated heterocycles. The van der Waals surface area contributed by atoms with Gasteiger partial charge in [-0.1, -0.05) is 54.6 Å². The second-order valence-electron chi connectivity index (χ2n) is 3.18. The van der Waals surface area contributed by atoms with Crippen molar-refractivity contribution < 1.29 is 20.3 Å². The maximum atomic E-state index is 2.16. The first-order chi connectivity index (χ1) is 6.38. The van der Waals surface area contributed by atoms with Gasteiger partial charge in [-0.25, -0.2) is 0 Å². The van der Waals surface area contributed by atoms with E-state index in [1.54, 1.807) is 0 Å². The van der Waals surface area contributed by atoms with Crippen molar-refractivity contribution in [3.05, 3.63) is 60.2 Å². The van der Waals surface area contributed by atoms with E-state index in [1.165, 1.54) is 16.7 Å². The Kier molecular flexibility index (Phi) is 4.01. The second kappa shape index (κ2) is 5.05. The predicted octanol–water partition coefficient (Wildman–Crippen LogP) is 0.779. The molecule has 0 atom stereocenters. The molecular formula is C13H13Li. The Balaban J connectivity index is 0.000000980. The normalized spacial score (nSPS) is 9.21. The van der Waals surface area contributed by atoms with Gasteiger partial charge in [0.2, 0.25) is 0 Å². The van der Waals surface area contributed by atoms with E-state index in [1.807, 2.05) is 6.07 Å². The summed E-state index contributed by atoms with van der Waals surface area (Å²) >= 11 is 0. The Morgan fingerprint density at radius 3 is 2.00 bits per heavy atom. The van der Waals surface area contributed by atoms with Crippen molar-refractivity contribution in [1.29, 1.82) is 0 Å². The Labute approximate surface area is 98.6 Å². The zero-order valence-corrected chi connectivity index (χ0v) is 8.70. The van der Waals surface area contributed by atoms with Gasteiger partial charge in [0.05, 0.1) is 0 Å². The van der Waals surface area contributed by atoms with Crippen LogP contribution in [0, 0.1) is 6.92 Å². The Morgan fingerprint density at radius 1 is 0.786 bits per heavy atom. The molecule has 0 aliphatic heterocycles. The van der Waals surface area contributed by atoms with E-state index in [-0.39, 0.29) is 20.3 Å². The summed E-state index contributed by atoms with van der Waals surface area (Å²) in [6.07, 6.45) is 0. The zero-order valence-electron chi connectivity index (χ0n) is 9.70. The minimum atomic E-state index is 0. The smallest absolute Gasteiger partial charge is 1.00 e. The van der Waals surface area contributed by atoms with E-state index in [0.717, 1.165) is 0 Å². The molecule has 66 valence electrons. The van der Waals surface area contributed by atoms with Crippen LogP contribution < -0.4 is 18.9 Å². The Bertz CT molecular complexity index is 398. The van der Waals surface area contributed by atoms with Crippen LogP contribution in [0.3, 0.4) is 0 Å². The molecule has 0 radical (unpaired) electrons. The van der Waals surface area contributed by atoms with Crippen LogP contribution in [0.15, 0.2) is 54.6 Å². The number of aryl methyl sites for hydroxylation is 1. The maximum Gasteiger partial charge on any atom is 1.00 e. The largest absolute Gasteiger partial charge is 1.00 e. The first kappa shape index (κ1) is 11.1. The summed E-state index contributed by atoms with van der Waals surface area (Å²) in [6, 6.07) is 18.9. The molecule has 0 heterocycles.